The molecule has 124 valence electrons. The van der Waals surface area contributed by atoms with Gasteiger partial charge in [0.05, 0.1) is 10.4 Å². The van der Waals surface area contributed by atoms with E-state index in [1.807, 2.05) is 18.2 Å². The Morgan fingerprint density at radius 2 is 1.46 bits per heavy atom. The molecular weight excluding hydrogens is 344 g/mol. The fraction of sp³-hybridized carbons (Fsp3) is 0. The van der Waals surface area contributed by atoms with Crippen LogP contribution >= 0.6 is 11.3 Å². The number of rotatable bonds is 3. The van der Waals surface area contributed by atoms with Crippen molar-refractivity contribution in [1.29, 1.82) is 0 Å². The molecule has 0 atom stereocenters. The van der Waals surface area contributed by atoms with Crippen LogP contribution < -0.4 is 0 Å². The van der Waals surface area contributed by atoms with Gasteiger partial charge in [-0.2, -0.15) is 0 Å². The number of carbonyl (C=O) groups is 2. The maximum atomic E-state index is 13.0. The Bertz CT molecular complexity index is 1180. The second kappa shape index (κ2) is 5.38. The zero-order valence-electron chi connectivity index (χ0n) is 13.5. The largest absolute Gasteiger partial charge is 0.478 e. The molecule has 0 fully saturated rings. The Morgan fingerprint density at radius 1 is 0.769 bits per heavy atom. The predicted octanol–water partition coefficient (Wildman–Crippen LogP) is 5.48. The summed E-state index contributed by atoms with van der Waals surface area (Å²) in [5.74, 6) is -1.33. The van der Waals surface area contributed by atoms with E-state index in [9.17, 15) is 14.7 Å². The van der Waals surface area contributed by atoms with Crippen molar-refractivity contribution in [2.24, 2.45) is 0 Å². The summed E-state index contributed by atoms with van der Waals surface area (Å²) in [6, 6.07) is 20.6. The van der Waals surface area contributed by atoms with Crippen LogP contribution in [-0.4, -0.2) is 16.9 Å². The highest BCUT2D eigenvalue weighted by Gasteiger charge is 2.27. The van der Waals surface area contributed by atoms with Crippen LogP contribution in [0.1, 0.15) is 25.6 Å². The van der Waals surface area contributed by atoms with E-state index in [0.29, 0.717) is 4.88 Å². The normalized spacial score (nSPS) is 11.5. The molecule has 1 aliphatic rings. The molecular formula is C22H12O3S. The van der Waals surface area contributed by atoms with Crippen LogP contribution in [0.5, 0.6) is 0 Å². The highest BCUT2D eigenvalue weighted by atomic mass is 32.1. The molecule has 0 saturated heterocycles. The van der Waals surface area contributed by atoms with Crippen LogP contribution in [0.15, 0.2) is 66.7 Å². The number of benzene rings is 3. The number of carboxylic acid groups (broad SMARTS) is 1. The average molecular weight is 356 g/mol. The summed E-state index contributed by atoms with van der Waals surface area (Å²) in [4.78, 5) is 26.1. The Kier molecular flexibility index (Phi) is 3.11. The van der Waals surface area contributed by atoms with E-state index < -0.39 is 5.97 Å². The molecule has 1 heterocycles. The number of carbonyl (C=O) groups excluding carboxylic acids is 1. The Hall–Kier alpha value is -3.24. The minimum absolute atomic E-state index is 0.0357. The minimum Gasteiger partial charge on any atom is -0.478 e. The highest BCUT2D eigenvalue weighted by molar-refractivity contribution is 7.18. The van der Waals surface area contributed by atoms with Crippen molar-refractivity contribution in [3.8, 4) is 21.6 Å². The molecule has 3 nitrogen and oxygen atoms in total. The van der Waals surface area contributed by atoms with E-state index in [1.54, 1.807) is 18.2 Å². The topological polar surface area (TPSA) is 54.4 Å². The SMILES string of the molecule is O=C(O)c1ccccc1C(=O)c1cc2c(s1)-c1cccc3cccc-2c13. The zero-order valence-corrected chi connectivity index (χ0v) is 14.3. The van der Waals surface area contributed by atoms with Crippen LogP contribution in [0.4, 0.5) is 0 Å². The maximum Gasteiger partial charge on any atom is 0.336 e. The standard InChI is InChI=1S/C22H12O3S/c23-20(14-7-1-2-8-15(14)22(24)25)18-11-17-13-9-3-5-12-6-4-10-16(19(12)13)21(17)26-18/h1-11H,(H,24,25). The van der Waals surface area contributed by atoms with Gasteiger partial charge in [-0.1, -0.05) is 54.6 Å². The number of carboxylic acids is 1. The van der Waals surface area contributed by atoms with Gasteiger partial charge in [-0.05, 0) is 28.5 Å². The number of hydrogen-bond donors (Lipinski definition) is 1. The molecule has 0 radical (unpaired) electrons. The molecule has 0 bridgehead atoms. The quantitative estimate of drug-likeness (QED) is 0.436. The number of fused-ring (bicyclic) bond motifs is 3. The van der Waals surface area contributed by atoms with E-state index in [1.165, 1.54) is 28.2 Å². The summed E-state index contributed by atoms with van der Waals surface area (Å²) < 4.78 is 0. The van der Waals surface area contributed by atoms with Gasteiger partial charge in [0.2, 0.25) is 5.78 Å². The van der Waals surface area contributed by atoms with E-state index >= 15 is 0 Å². The van der Waals surface area contributed by atoms with E-state index in [2.05, 4.69) is 24.3 Å². The lowest BCUT2D eigenvalue weighted by Gasteiger charge is -2.04. The van der Waals surface area contributed by atoms with E-state index in [0.717, 1.165) is 21.6 Å². The van der Waals surface area contributed by atoms with Crippen molar-refractivity contribution in [3.05, 3.63) is 82.7 Å². The van der Waals surface area contributed by atoms with Crippen molar-refractivity contribution >= 4 is 33.9 Å². The van der Waals surface area contributed by atoms with Gasteiger partial charge in [0.15, 0.2) is 0 Å². The molecule has 5 rings (SSSR count). The first-order valence-electron chi connectivity index (χ1n) is 8.18. The van der Waals surface area contributed by atoms with Crippen molar-refractivity contribution in [2.45, 2.75) is 0 Å². The van der Waals surface area contributed by atoms with Gasteiger partial charge in [-0.15, -0.1) is 11.3 Å². The average Bonchev–Trinajstić information content (AvgIpc) is 3.22. The minimum atomic E-state index is -1.09. The van der Waals surface area contributed by atoms with Crippen molar-refractivity contribution in [3.63, 3.8) is 0 Å². The first-order valence-corrected chi connectivity index (χ1v) is 9.00. The molecule has 4 heteroatoms. The van der Waals surface area contributed by atoms with Crippen LogP contribution in [0.2, 0.25) is 0 Å². The second-order valence-corrected chi connectivity index (χ2v) is 7.29. The van der Waals surface area contributed by atoms with Gasteiger partial charge in [-0.25, -0.2) is 4.79 Å². The van der Waals surface area contributed by atoms with Crippen LogP contribution in [0.3, 0.4) is 0 Å². The Labute approximate surface area is 153 Å². The number of aromatic carboxylic acids is 1. The second-order valence-electron chi connectivity index (χ2n) is 6.24. The molecule has 3 aromatic carbocycles. The molecule has 26 heavy (non-hydrogen) atoms. The zero-order chi connectivity index (χ0) is 17.8. The summed E-state index contributed by atoms with van der Waals surface area (Å²) in [6.45, 7) is 0. The van der Waals surface area contributed by atoms with Gasteiger partial charge in [0, 0.05) is 21.6 Å². The Balaban J connectivity index is 1.67. The van der Waals surface area contributed by atoms with Crippen LogP contribution in [0.25, 0.3) is 32.3 Å². The molecule has 0 amide bonds. The smallest absolute Gasteiger partial charge is 0.336 e. The summed E-state index contributed by atoms with van der Waals surface area (Å²) in [5.41, 5.74) is 3.59. The van der Waals surface area contributed by atoms with E-state index in [4.69, 9.17) is 0 Å². The van der Waals surface area contributed by atoms with Crippen molar-refractivity contribution in [1.82, 2.24) is 0 Å². The number of ketones is 1. The monoisotopic (exact) mass is 356 g/mol. The van der Waals surface area contributed by atoms with Gasteiger partial charge >= 0.3 is 5.97 Å². The number of thiophene rings is 1. The fourth-order valence-corrected chi connectivity index (χ4v) is 4.82. The summed E-state index contributed by atoms with van der Waals surface area (Å²) >= 11 is 1.43. The molecule has 0 unspecified atom stereocenters. The lowest BCUT2D eigenvalue weighted by Crippen LogP contribution is -2.08. The van der Waals surface area contributed by atoms with Gasteiger partial charge in [-0.3, -0.25) is 4.79 Å². The molecule has 4 aromatic rings. The molecule has 1 aliphatic carbocycles. The molecule has 0 saturated carbocycles. The van der Waals surface area contributed by atoms with E-state index in [-0.39, 0.29) is 16.9 Å². The third-order valence-corrected chi connectivity index (χ3v) is 5.96. The molecule has 0 aliphatic heterocycles. The van der Waals surface area contributed by atoms with Crippen LogP contribution in [-0.2, 0) is 0 Å². The first kappa shape index (κ1) is 15.0. The van der Waals surface area contributed by atoms with Gasteiger partial charge in [0.1, 0.15) is 0 Å². The lowest BCUT2D eigenvalue weighted by atomic mass is 10.0. The highest BCUT2D eigenvalue weighted by Crippen LogP contribution is 2.51. The summed E-state index contributed by atoms with van der Waals surface area (Å²) in [7, 11) is 0. The first-order chi connectivity index (χ1) is 12.6. The molecule has 1 aromatic heterocycles. The summed E-state index contributed by atoms with van der Waals surface area (Å²) in [5, 5.41) is 11.8. The van der Waals surface area contributed by atoms with Crippen molar-refractivity contribution < 1.29 is 14.7 Å². The fourth-order valence-electron chi connectivity index (χ4n) is 3.66. The van der Waals surface area contributed by atoms with Gasteiger partial charge in [0.25, 0.3) is 0 Å². The lowest BCUT2D eigenvalue weighted by molar-refractivity contribution is 0.0693. The molecule has 1 N–H and O–H groups in total. The Morgan fingerprint density at radius 3 is 2.19 bits per heavy atom. The van der Waals surface area contributed by atoms with Gasteiger partial charge < -0.3 is 5.11 Å². The molecule has 0 spiro atoms. The third kappa shape index (κ3) is 1.99. The van der Waals surface area contributed by atoms with Crippen molar-refractivity contribution in [2.75, 3.05) is 0 Å². The summed E-state index contributed by atoms with van der Waals surface area (Å²) in [6.07, 6.45) is 0. The third-order valence-electron chi connectivity index (χ3n) is 4.80. The van der Waals surface area contributed by atoms with Crippen LogP contribution in [0, 0.1) is 0 Å². The predicted molar refractivity (Wildman–Crippen MR) is 103 cm³/mol. The number of hydrogen-bond acceptors (Lipinski definition) is 3. The maximum absolute atomic E-state index is 13.0.